The van der Waals surface area contributed by atoms with Gasteiger partial charge in [0.1, 0.15) is 11.9 Å². The van der Waals surface area contributed by atoms with Gasteiger partial charge in [0.25, 0.3) is 0 Å². The molecule has 1 saturated heterocycles. The molecule has 27 heavy (non-hydrogen) atoms. The van der Waals surface area contributed by atoms with Crippen LogP contribution in [-0.4, -0.2) is 49.1 Å². The van der Waals surface area contributed by atoms with Crippen molar-refractivity contribution < 1.29 is 9.47 Å². The SMILES string of the molecule is Cc1cc(Br)ccc1N=Cc1c(N)nc(N2CCOCC2)nc1OCC#N. The number of nitrogens with zero attached hydrogens (tertiary/aromatic N) is 5. The first kappa shape index (κ1) is 19.1. The number of nitriles is 1. The summed E-state index contributed by atoms with van der Waals surface area (Å²) in [4.78, 5) is 15.3. The standard InChI is InChI=1S/C18H19BrN6O2/c1-12-10-13(19)2-3-15(12)22-11-14-16(21)23-18(24-17(14)27-7-4-20)25-5-8-26-9-6-25/h2-3,10-11H,5-9H2,1H3,(H2,21,23,24). The van der Waals surface area contributed by atoms with Crippen LogP contribution in [0, 0.1) is 18.3 Å². The Balaban J connectivity index is 1.95. The molecule has 0 aliphatic carbocycles. The zero-order chi connectivity index (χ0) is 19.2. The second-order valence-corrected chi connectivity index (χ2v) is 6.78. The van der Waals surface area contributed by atoms with Crippen LogP contribution in [-0.2, 0) is 4.74 Å². The highest BCUT2D eigenvalue weighted by Gasteiger charge is 2.19. The maximum absolute atomic E-state index is 8.86. The highest BCUT2D eigenvalue weighted by molar-refractivity contribution is 9.10. The highest BCUT2D eigenvalue weighted by Crippen LogP contribution is 2.26. The summed E-state index contributed by atoms with van der Waals surface area (Å²) in [7, 11) is 0. The molecule has 8 nitrogen and oxygen atoms in total. The van der Waals surface area contributed by atoms with Crippen LogP contribution in [0.25, 0.3) is 0 Å². The van der Waals surface area contributed by atoms with Crippen LogP contribution < -0.4 is 15.4 Å². The van der Waals surface area contributed by atoms with Crippen LogP contribution in [0.15, 0.2) is 27.7 Å². The van der Waals surface area contributed by atoms with E-state index < -0.39 is 0 Å². The fourth-order valence-electron chi connectivity index (χ4n) is 2.59. The summed E-state index contributed by atoms with van der Waals surface area (Å²) >= 11 is 3.43. The number of hydrogen-bond acceptors (Lipinski definition) is 8. The number of ether oxygens (including phenoxy) is 2. The first-order valence-electron chi connectivity index (χ1n) is 8.38. The van der Waals surface area contributed by atoms with E-state index >= 15 is 0 Å². The molecule has 2 aromatic rings. The third kappa shape index (κ3) is 4.72. The summed E-state index contributed by atoms with van der Waals surface area (Å²) in [5, 5.41) is 8.86. The minimum absolute atomic E-state index is 0.142. The number of benzene rings is 1. The van der Waals surface area contributed by atoms with Crippen LogP contribution in [0.3, 0.4) is 0 Å². The molecular formula is C18H19BrN6O2. The van der Waals surface area contributed by atoms with Crippen molar-refractivity contribution in [3.63, 3.8) is 0 Å². The first-order valence-corrected chi connectivity index (χ1v) is 9.18. The number of aromatic nitrogens is 2. The van der Waals surface area contributed by atoms with Gasteiger partial charge in [0.05, 0.1) is 24.5 Å². The lowest BCUT2D eigenvalue weighted by atomic mass is 10.2. The molecule has 0 amide bonds. The molecule has 0 radical (unpaired) electrons. The third-order valence-electron chi connectivity index (χ3n) is 3.99. The van der Waals surface area contributed by atoms with E-state index in [-0.39, 0.29) is 18.3 Å². The molecule has 1 aliphatic heterocycles. The molecule has 0 unspecified atom stereocenters. The second kappa shape index (κ2) is 8.79. The van der Waals surface area contributed by atoms with Gasteiger partial charge in [-0.2, -0.15) is 15.2 Å². The minimum atomic E-state index is -0.142. The molecule has 2 N–H and O–H groups in total. The molecule has 9 heteroatoms. The van der Waals surface area contributed by atoms with Crippen LogP contribution in [0.1, 0.15) is 11.1 Å². The monoisotopic (exact) mass is 430 g/mol. The maximum atomic E-state index is 8.86. The molecule has 140 valence electrons. The molecule has 1 fully saturated rings. The third-order valence-corrected chi connectivity index (χ3v) is 4.48. The summed E-state index contributed by atoms with van der Waals surface area (Å²) in [6.45, 7) is 4.36. The predicted molar refractivity (Wildman–Crippen MR) is 107 cm³/mol. The minimum Gasteiger partial charge on any atom is -0.462 e. The van der Waals surface area contributed by atoms with Crippen LogP contribution >= 0.6 is 15.9 Å². The van der Waals surface area contributed by atoms with Gasteiger partial charge in [0.2, 0.25) is 11.8 Å². The number of aliphatic imine (C=N–C) groups is 1. The Morgan fingerprint density at radius 2 is 2.19 bits per heavy atom. The van der Waals surface area contributed by atoms with Crippen molar-refractivity contribution in [3.05, 3.63) is 33.8 Å². The van der Waals surface area contributed by atoms with Gasteiger partial charge >= 0.3 is 0 Å². The Bertz CT molecular complexity index is 890. The van der Waals surface area contributed by atoms with Gasteiger partial charge in [-0.1, -0.05) is 15.9 Å². The number of nitrogens with two attached hydrogens (primary N) is 1. The number of morpholine rings is 1. The number of anilines is 2. The normalized spacial score (nSPS) is 14.3. The summed E-state index contributed by atoms with van der Waals surface area (Å²) in [6, 6.07) is 7.72. The maximum Gasteiger partial charge on any atom is 0.230 e. The van der Waals surface area contributed by atoms with Gasteiger partial charge in [-0.05, 0) is 30.7 Å². The van der Waals surface area contributed by atoms with E-state index in [0.29, 0.717) is 37.8 Å². The number of aryl methyl sites for hydroxylation is 1. The fourth-order valence-corrected chi connectivity index (χ4v) is 3.06. The Morgan fingerprint density at radius 1 is 1.41 bits per heavy atom. The van der Waals surface area contributed by atoms with E-state index in [9.17, 15) is 0 Å². The Labute approximate surface area is 165 Å². The van der Waals surface area contributed by atoms with E-state index in [2.05, 4.69) is 30.9 Å². The van der Waals surface area contributed by atoms with Crippen molar-refractivity contribution in [2.24, 2.45) is 4.99 Å². The Hall–Kier alpha value is -2.70. The fraction of sp³-hybridized carbons (Fsp3) is 0.333. The average Bonchev–Trinajstić information content (AvgIpc) is 2.67. The lowest BCUT2D eigenvalue weighted by molar-refractivity contribution is 0.122. The van der Waals surface area contributed by atoms with E-state index in [1.807, 2.05) is 36.1 Å². The number of rotatable bonds is 5. The van der Waals surface area contributed by atoms with Gasteiger partial charge in [-0.25, -0.2) is 0 Å². The number of nitrogen functional groups attached to an aromatic ring is 1. The Kier molecular flexibility index (Phi) is 6.21. The zero-order valence-electron chi connectivity index (χ0n) is 14.9. The van der Waals surface area contributed by atoms with E-state index in [4.69, 9.17) is 20.5 Å². The van der Waals surface area contributed by atoms with Gasteiger partial charge in [0.15, 0.2) is 6.61 Å². The molecule has 0 saturated carbocycles. The zero-order valence-corrected chi connectivity index (χ0v) is 16.4. The molecule has 0 atom stereocenters. The van der Waals surface area contributed by atoms with Crippen molar-refractivity contribution in [3.8, 4) is 11.9 Å². The molecule has 1 aliphatic rings. The summed E-state index contributed by atoms with van der Waals surface area (Å²) in [5.74, 6) is 0.947. The lowest BCUT2D eigenvalue weighted by Gasteiger charge is -2.27. The second-order valence-electron chi connectivity index (χ2n) is 5.86. The average molecular weight is 431 g/mol. The molecule has 1 aromatic carbocycles. The van der Waals surface area contributed by atoms with Crippen molar-refractivity contribution >= 4 is 39.6 Å². The molecular weight excluding hydrogens is 412 g/mol. The van der Waals surface area contributed by atoms with Crippen molar-refractivity contribution in [1.82, 2.24) is 9.97 Å². The van der Waals surface area contributed by atoms with Crippen LogP contribution in [0.5, 0.6) is 5.88 Å². The van der Waals surface area contributed by atoms with E-state index in [1.165, 1.54) is 0 Å². The highest BCUT2D eigenvalue weighted by atomic mass is 79.9. The van der Waals surface area contributed by atoms with Gasteiger partial charge < -0.3 is 20.1 Å². The van der Waals surface area contributed by atoms with Crippen LogP contribution in [0.2, 0.25) is 0 Å². The van der Waals surface area contributed by atoms with E-state index in [1.54, 1.807) is 6.21 Å². The van der Waals surface area contributed by atoms with Crippen molar-refractivity contribution in [2.45, 2.75) is 6.92 Å². The summed E-state index contributed by atoms with van der Waals surface area (Å²) in [5.41, 5.74) is 8.40. The van der Waals surface area contributed by atoms with Gasteiger partial charge in [-0.15, -0.1) is 0 Å². The number of halogens is 1. The summed E-state index contributed by atoms with van der Waals surface area (Å²) in [6.07, 6.45) is 1.57. The first-order chi connectivity index (χ1) is 13.1. The largest absolute Gasteiger partial charge is 0.462 e. The molecule has 2 heterocycles. The summed E-state index contributed by atoms with van der Waals surface area (Å²) < 4.78 is 11.8. The lowest BCUT2D eigenvalue weighted by Crippen LogP contribution is -2.37. The molecule has 0 bridgehead atoms. The van der Waals surface area contributed by atoms with Gasteiger partial charge in [0, 0.05) is 23.8 Å². The van der Waals surface area contributed by atoms with Crippen LogP contribution in [0.4, 0.5) is 17.5 Å². The smallest absolute Gasteiger partial charge is 0.230 e. The predicted octanol–water partition coefficient (Wildman–Crippen LogP) is 2.62. The van der Waals surface area contributed by atoms with Crippen molar-refractivity contribution in [1.29, 1.82) is 5.26 Å². The van der Waals surface area contributed by atoms with Gasteiger partial charge in [-0.3, -0.25) is 4.99 Å². The van der Waals surface area contributed by atoms with Crippen molar-refractivity contribution in [2.75, 3.05) is 43.5 Å². The number of hydrogen-bond donors (Lipinski definition) is 1. The molecule has 3 rings (SSSR count). The molecule has 1 aromatic heterocycles. The quantitative estimate of drug-likeness (QED) is 0.725. The van der Waals surface area contributed by atoms with E-state index in [0.717, 1.165) is 15.7 Å². The topological polar surface area (TPSA) is 110 Å². The Morgan fingerprint density at radius 3 is 2.89 bits per heavy atom. The molecule has 0 spiro atoms.